The molecule has 1 atom stereocenters. The normalized spacial score (nSPS) is 15.6. The van der Waals surface area contributed by atoms with E-state index in [1.807, 2.05) is 26.0 Å². The van der Waals surface area contributed by atoms with Crippen molar-refractivity contribution in [1.82, 2.24) is 10.6 Å². The number of halogens is 1. The van der Waals surface area contributed by atoms with Gasteiger partial charge >= 0.3 is 11.8 Å². The van der Waals surface area contributed by atoms with Gasteiger partial charge in [-0.1, -0.05) is 41.9 Å². The SMILES string of the molecule is CC(C)N1C(=O)C(NC(=O)C(=O)NCc2ccc(Cl)cc2)c2ccccc21. The molecule has 0 saturated carbocycles. The number of nitrogens with zero attached hydrogens (tertiary/aromatic N) is 1. The fourth-order valence-corrected chi connectivity index (χ4v) is 3.20. The van der Waals surface area contributed by atoms with Gasteiger partial charge in [-0.15, -0.1) is 0 Å². The van der Waals surface area contributed by atoms with Crippen LogP contribution in [-0.4, -0.2) is 23.8 Å². The van der Waals surface area contributed by atoms with Crippen molar-refractivity contribution < 1.29 is 14.4 Å². The smallest absolute Gasteiger partial charge is 0.310 e. The highest BCUT2D eigenvalue weighted by Crippen LogP contribution is 2.36. The number of hydrogen-bond donors (Lipinski definition) is 2. The predicted octanol–water partition coefficient (Wildman–Crippen LogP) is 2.57. The molecule has 7 heteroatoms. The zero-order valence-corrected chi connectivity index (χ0v) is 15.8. The van der Waals surface area contributed by atoms with E-state index in [-0.39, 0.29) is 18.5 Å². The third-order valence-corrected chi connectivity index (χ3v) is 4.61. The Bertz CT molecular complexity index is 880. The number of rotatable bonds is 4. The molecule has 0 aliphatic carbocycles. The molecule has 2 aromatic rings. The van der Waals surface area contributed by atoms with Crippen molar-refractivity contribution >= 4 is 35.0 Å². The number of carbonyl (C=O) groups is 3. The van der Waals surface area contributed by atoms with Crippen LogP contribution in [0.1, 0.15) is 31.0 Å². The van der Waals surface area contributed by atoms with E-state index in [0.717, 1.165) is 11.3 Å². The van der Waals surface area contributed by atoms with Crippen molar-refractivity contribution in [3.05, 3.63) is 64.7 Å². The topological polar surface area (TPSA) is 78.5 Å². The van der Waals surface area contributed by atoms with Crippen LogP contribution in [0.2, 0.25) is 5.02 Å². The van der Waals surface area contributed by atoms with Crippen LogP contribution in [0.3, 0.4) is 0 Å². The largest absolute Gasteiger partial charge is 0.344 e. The Morgan fingerprint density at radius 3 is 2.41 bits per heavy atom. The van der Waals surface area contributed by atoms with Crippen molar-refractivity contribution in [2.24, 2.45) is 0 Å². The van der Waals surface area contributed by atoms with Gasteiger partial charge in [-0.05, 0) is 37.6 Å². The highest BCUT2D eigenvalue weighted by atomic mass is 35.5. The molecule has 27 heavy (non-hydrogen) atoms. The van der Waals surface area contributed by atoms with Crippen LogP contribution >= 0.6 is 11.6 Å². The second kappa shape index (κ2) is 7.80. The molecule has 0 radical (unpaired) electrons. The summed E-state index contributed by atoms with van der Waals surface area (Å²) in [7, 11) is 0. The molecule has 1 heterocycles. The van der Waals surface area contributed by atoms with Gasteiger partial charge in [0.1, 0.15) is 6.04 Å². The summed E-state index contributed by atoms with van der Waals surface area (Å²) in [6, 6.07) is 13.3. The van der Waals surface area contributed by atoms with Crippen LogP contribution in [0.4, 0.5) is 5.69 Å². The molecule has 6 nitrogen and oxygen atoms in total. The Morgan fingerprint density at radius 2 is 1.74 bits per heavy atom. The van der Waals surface area contributed by atoms with Gasteiger partial charge in [0.05, 0.1) is 0 Å². The van der Waals surface area contributed by atoms with Crippen molar-refractivity contribution in [2.45, 2.75) is 32.5 Å². The van der Waals surface area contributed by atoms with Crippen LogP contribution in [-0.2, 0) is 20.9 Å². The third-order valence-electron chi connectivity index (χ3n) is 4.36. The maximum Gasteiger partial charge on any atom is 0.310 e. The van der Waals surface area contributed by atoms with Crippen LogP contribution < -0.4 is 15.5 Å². The average molecular weight is 386 g/mol. The van der Waals surface area contributed by atoms with Gasteiger partial charge in [0, 0.05) is 28.9 Å². The number of para-hydroxylation sites is 1. The summed E-state index contributed by atoms with van der Waals surface area (Å²) in [4.78, 5) is 38.8. The fraction of sp³-hybridized carbons (Fsp3) is 0.250. The van der Waals surface area contributed by atoms with E-state index in [9.17, 15) is 14.4 Å². The molecule has 0 fully saturated rings. The Labute approximate surface area is 162 Å². The molecule has 0 spiro atoms. The molecular weight excluding hydrogens is 366 g/mol. The van der Waals surface area contributed by atoms with E-state index in [1.54, 1.807) is 41.3 Å². The quantitative estimate of drug-likeness (QED) is 0.794. The monoisotopic (exact) mass is 385 g/mol. The van der Waals surface area contributed by atoms with Crippen LogP contribution in [0.25, 0.3) is 0 Å². The third kappa shape index (κ3) is 3.95. The van der Waals surface area contributed by atoms with Gasteiger partial charge in [0.15, 0.2) is 0 Å². The van der Waals surface area contributed by atoms with Gasteiger partial charge < -0.3 is 15.5 Å². The van der Waals surface area contributed by atoms with E-state index in [4.69, 9.17) is 11.6 Å². The van der Waals surface area contributed by atoms with E-state index in [2.05, 4.69) is 10.6 Å². The lowest BCUT2D eigenvalue weighted by Gasteiger charge is -2.22. The number of benzene rings is 2. The molecule has 0 bridgehead atoms. The van der Waals surface area contributed by atoms with Crippen LogP contribution in [0.5, 0.6) is 0 Å². The molecule has 3 rings (SSSR count). The average Bonchev–Trinajstić information content (AvgIpc) is 2.93. The number of anilines is 1. The molecule has 1 aliphatic rings. The van der Waals surface area contributed by atoms with E-state index in [0.29, 0.717) is 10.6 Å². The second-order valence-electron chi connectivity index (χ2n) is 6.58. The van der Waals surface area contributed by atoms with Crippen molar-refractivity contribution in [1.29, 1.82) is 0 Å². The molecular formula is C20H20ClN3O3. The number of nitrogens with one attached hydrogen (secondary N) is 2. The first-order valence-electron chi connectivity index (χ1n) is 8.63. The zero-order valence-electron chi connectivity index (χ0n) is 15.0. The number of carbonyl (C=O) groups excluding carboxylic acids is 3. The molecule has 0 saturated heterocycles. The lowest BCUT2D eigenvalue weighted by molar-refractivity contribution is -0.140. The summed E-state index contributed by atoms with van der Waals surface area (Å²) in [6.07, 6.45) is 0. The first kappa shape index (κ1) is 18.9. The maximum absolute atomic E-state index is 12.7. The minimum atomic E-state index is -0.864. The van der Waals surface area contributed by atoms with Crippen molar-refractivity contribution in [3.63, 3.8) is 0 Å². The molecule has 140 valence electrons. The van der Waals surface area contributed by atoms with Gasteiger partial charge in [-0.2, -0.15) is 0 Å². The van der Waals surface area contributed by atoms with Crippen LogP contribution in [0, 0.1) is 0 Å². The Kier molecular flexibility index (Phi) is 5.46. The molecule has 2 N–H and O–H groups in total. The summed E-state index contributed by atoms with van der Waals surface area (Å²) in [5, 5.41) is 5.69. The summed E-state index contributed by atoms with van der Waals surface area (Å²) in [5.74, 6) is -1.88. The molecule has 1 aliphatic heterocycles. The standard InChI is InChI=1S/C20H20ClN3O3/c1-12(2)24-16-6-4-3-5-15(16)17(20(24)27)23-19(26)18(25)22-11-13-7-9-14(21)10-8-13/h3-10,12,17H,11H2,1-2H3,(H,22,25)(H,23,26). The first-order valence-corrected chi connectivity index (χ1v) is 9.01. The minimum Gasteiger partial charge on any atom is -0.344 e. The van der Waals surface area contributed by atoms with Gasteiger partial charge in [0.2, 0.25) is 0 Å². The van der Waals surface area contributed by atoms with Gasteiger partial charge in [-0.3, -0.25) is 14.4 Å². The summed E-state index contributed by atoms with van der Waals surface area (Å²) in [5.41, 5.74) is 2.26. The first-order chi connectivity index (χ1) is 12.9. The summed E-state index contributed by atoms with van der Waals surface area (Å²) >= 11 is 5.82. The van der Waals surface area contributed by atoms with E-state index < -0.39 is 17.9 Å². The summed E-state index contributed by atoms with van der Waals surface area (Å²) in [6.45, 7) is 3.99. The number of fused-ring (bicyclic) bond motifs is 1. The molecule has 1 unspecified atom stereocenters. The van der Waals surface area contributed by atoms with Gasteiger partial charge in [-0.25, -0.2) is 0 Å². The lowest BCUT2D eigenvalue weighted by Crippen LogP contribution is -2.45. The second-order valence-corrected chi connectivity index (χ2v) is 7.01. The molecule has 0 aromatic heterocycles. The Morgan fingerprint density at radius 1 is 1.07 bits per heavy atom. The fourth-order valence-electron chi connectivity index (χ4n) is 3.08. The molecule has 3 amide bonds. The Balaban J connectivity index is 1.67. The number of hydrogen-bond acceptors (Lipinski definition) is 3. The number of amides is 3. The lowest BCUT2D eigenvalue weighted by atomic mass is 10.1. The van der Waals surface area contributed by atoms with Crippen molar-refractivity contribution in [3.8, 4) is 0 Å². The van der Waals surface area contributed by atoms with Gasteiger partial charge in [0.25, 0.3) is 5.91 Å². The minimum absolute atomic E-state index is 0.0562. The van der Waals surface area contributed by atoms with E-state index >= 15 is 0 Å². The summed E-state index contributed by atoms with van der Waals surface area (Å²) < 4.78 is 0. The maximum atomic E-state index is 12.7. The van der Waals surface area contributed by atoms with E-state index in [1.165, 1.54) is 0 Å². The predicted molar refractivity (Wildman–Crippen MR) is 103 cm³/mol. The molecule has 2 aromatic carbocycles. The zero-order chi connectivity index (χ0) is 19.6. The van der Waals surface area contributed by atoms with Crippen LogP contribution in [0.15, 0.2) is 48.5 Å². The Hall–Kier alpha value is -2.86. The highest BCUT2D eigenvalue weighted by Gasteiger charge is 2.39. The highest BCUT2D eigenvalue weighted by molar-refractivity contribution is 6.35. The van der Waals surface area contributed by atoms with Crippen molar-refractivity contribution in [2.75, 3.05) is 4.90 Å².